The third-order valence-electron chi connectivity index (χ3n) is 3.93. The number of aromatic hydroxyl groups is 1. The minimum atomic E-state index is -0.495. The van der Waals surface area contributed by atoms with Gasteiger partial charge in [-0.1, -0.05) is 13.3 Å². The van der Waals surface area contributed by atoms with Gasteiger partial charge in [-0.15, -0.1) is 0 Å². The SMILES string of the molecule is CC/C(=N\NC(=O)CN1CCCCCC1=O)c1cc(F)ccc1O. The lowest BCUT2D eigenvalue weighted by atomic mass is 10.1. The third kappa shape index (κ3) is 4.78. The third-order valence-corrected chi connectivity index (χ3v) is 3.93. The number of phenolic OH excluding ortho intramolecular Hbond substituents is 1. The number of likely N-dealkylation sites (tertiary alicyclic amines) is 1. The van der Waals surface area contributed by atoms with Crippen LogP contribution in [0.4, 0.5) is 4.39 Å². The zero-order valence-electron chi connectivity index (χ0n) is 13.7. The summed E-state index contributed by atoms with van der Waals surface area (Å²) in [5.41, 5.74) is 2.99. The quantitative estimate of drug-likeness (QED) is 0.639. The minimum absolute atomic E-state index is 0.0230. The van der Waals surface area contributed by atoms with E-state index in [1.165, 1.54) is 17.0 Å². The fraction of sp³-hybridized carbons (Fsp3) is 0.471. The van der Waals surface area contributed by atoms with Crippen LogP contribution >= 0.6 is 0 Å². The van der Waals surface area contributed by atoms with Crippen molar-refractivity contribution in [1.82, 2.24) is 10.3 Å². The first-order chi connectivity index (χ1) is 11.5. The molecule has 1 aromatic carbocycles. The highest BCUT2D eigenvalue weighted by Crippen LogP contribution is 2.20. The molecule has 0 unspecified atom stereocenters. The van der Waals surface area contributed by atoms with Gasteiger partial charge in [-0.3, -0.25) is 9.59 Å². The highest BCUT2D eigenvalue weighted by molar-refractivity contribution is 6.03. The van der Waals surface area contributed by atoms with Gasteiger partial charge in [0.05, 0.1) is 5.71 Å². The van der Waals surface area contributed by atoms with E-state index < -0.39 is 11.7 Å². The molecule has 130 valence electrons. The lowest BCUT2D eigenvalue weighted by Crippen LogP contribution is -2.39. The number of halogens is 1. The van der Waals surface area contributed by atoms with E-state index in [4.69, 9.17) is 0 Å². The molecule has 0 saturated carbocycles. The van der Waals surface area contributed by atoms with Crippen LogP contribution in [0.2, 0.25) is 0 Å². The Morgan fingerprint density at radius 1 is 1.38 bits per heavy atom. The van der Waals surface area contributed by atoms with Crippen molar-refractivity contribution in [3.05, 3.63) is 29.6 Å². The maximum atomic E-state index is 13.3. The normalized spacial score (nSPS) is 16.0. The molecule has 1 heterocycles. The van der Waals surface area contributed by atoms with E-state index in [0.717, 1.165) is 25.3 Å². The van der Waals surface area contributed by atoms with Gasteiger partial charge in [0.25, 0.3) is 5.91 Å². The van der Waals surface area contributed by atoms with Gasteiger partial charge < -0.3 is 10.0 Å². The lowest BCUT2D eigenvalue weighted by Gasteiger charge is -2.19. The Morgan fingerprint density at radius 3 is 2.92 bits per heavy atom. The molecular weight excluding hydrogens is 313 g/mol. The zero-order chi connectivity index (χ0) is 17.5. The second-order valence-corrected chi connectivity index (χ2v) is 5.73. The summed E-state index contributed by atoms with van der Waals surface area (Å²) in [5.74, 6) is -1.03. The molecule has 1 aromatic rings. The van der Waals surface area contributed by atoms with Crippen molar-refractivity contribution in [1.29, 1.82) is 0 Å². The van der Waals surface area contributed by atoms with Crippen LogP contribution in [-0.2, 0) is 9.59 Å². The smallest absolute Gasteiger partial charge is 0.259 e. The summed E-state index contributed by atoms with van der Waals surface area (Å²) in [6.07, 6.45) is 3.60. The van der Waals surface area contributed by atoms with E-state index in [1.54, 1.807) is 6.92 Å². The molecule has 2 N–H and O–H groups in total. The maximum Gasteiger partial charge on any atom is 0.259 e. The van der Waals surface area contributed by atoms with Gasteiger partial charge in [0.2, 0.25) is 5.91 Å². The number of carbonyl (C=O) groups excluding carboxylic acids is 2. The second-order valence-electron chi connectivity index (χ2n) is 5.73. The van der Waals surface area contributed by atoms with Crippen LogP contribution in [0.15, 0.2) is 23.3 Å². The zero-order valence-corrected chi connectivity index (χ0v) is 13.7. The molecule has 7 heteroatoms. The van der Waals surface area contributed by atoms with Crippen molar-refractivity contribution >= 4 is 17.5 Å². The van der Waals surface area contributed by atoms with E-state index in [9.17, 15) is 19.1 Å². The molecule has 1 aliphatic heterocycles. The van der Waals surface area contributed by atoms with Crippen molar-refractivity contribution in [3.8, 4) is 5.75 Å². The van der Waals surface area contributed by atoms with Gasteiger partial charge >= 0.3 is 0 Å². The molecule has 0 spiro atoms. The average Bonchev–Trinajstić information content (AvgIpc) is 2.76. The van der Waals surface area contributed by atoms with Crippen LogP contribution in [0.25, 0.3) is 0 Å². The number of carbonyl (C=O) groups is 2. The fourth-order valence-electron chi connectivity index (χ4n) is 2.61. The Kier molecular flexibility index (Phi) is 6.28. The van der Waals surface area contributed by atoms with Gasteiger partial charge in [-0.2, -0.15) is 5.10 Å². The molecule has 0 aliphatic carbocycles. The van der Waals surface area contributed by atoms with Gasteiger partial charge in [0.1, 0.15) is 18.1 Å². The molecule has 1 aliphatic rings. The number of nitrogens with one attached hydrogen (secondary N) is 1. The molecule has 1 fully saturated rings. The highest BCUT2D eigenvalue weighted by Gasteiger charge is 2.19. The van der Waals surface area contributed by atoms with Crippen LogP contribution in [0.3, 0.4) is 0 Å². The summed E-state index contributed by atoms with van der Waals surface area (Å²) in [7, 11) is 0. The Hall–Kier alpha value is -2.44. The highest BCUT2D eigenvalue weighted by atomic mass is 19.1. The van der Waals surface area contributed by atoms with Gasteiger partial charge in [0.15, 0.2) is 0 Å². The molecule has 6 nitrogen and oxygen atoms in total. The van der Waals surface area contributed by atoms with E-state index >= 15 is 0 Å². The number of rotatable bonds is 5. The Morgan fingerprint density at radius 2 is 2.17 bits per heavy atom. The number of nitrogens with zero attached hydrogens (tertiary/aromatic N) is 2. The monoisotopic (exact) mass is 335 g/mol. The number of hydrogen-bond donors (Lipinski definition) is 2. The Labute approximate surface area is 140 Å². The van der Waals surface area contributed by atoms with Crippen LogP contribution in [0, 0.1) is 5.82 Å². The summed E-state index contributed by atoms with van der Waals surface area (Å²) in [5, 5.41) is 13.8. The van der Waals surface area contributed by atoms with E-state index in [-0.39, 0.29) is 23.8 Å². The molecule has 0 aromatic heterocycles. The molecular formula is C17H22FN3O3. The van der Waals surface area contributed by atoms with Crippen molar-refractivity contribution in [2.45, 2.75) is 39.0 Å². The first-order valence-electron chi connectivity index (χ1n) is 8.13. The first-order valence-corrected chi connectivity index (χ1v) is 8.13. The van der Waals surface area contributed by atoms with Gasteiger partial charge in [-0.05, 0) is 37.5 Å². The standard InChI is InChI=1S/C17H22FN3O3/c1-2-14(13-10-12(18)7-8-15(13)22)19-20-16(23)11-21-9-5-3-4-6-17(21)24/h7-8,10,22H,2-6,9,11H2,1H3,(H,20,23)/b19-14+. The molecule has 0 bridgehead atoms. The molecule has 1 saturated heterocycles. The van der Waals surface area contributed by atoms with E-state index in [2.05, 4.69) is 10.5 Å². The maximum absolute atomic E-state index is 13.3. The van der Waals surface area contributed by atoms with Gasteiger partial charge in [-0.25, -0.2) is 9.82 Å². The van der Waals surface area contributed by atoms with E-state index in [1.807, 2.05) is 0 Å². The predicted octanol–water partition coefficient (Wildman–Crippen LogP) is 2.16. The minimum Gasteiger partial charge on any atom is -0.507 e. The van der Waals surface area contributed by atoms with Crippen molar-refractivity contribution < 1.29 is 19.1 Å². The molecule has 24 heavy (non-hydrogen) atoms. The van der Waals surface area contributed by atoms with Crippen LogP contribution in [0.1, 0.15) is 44.6 Å². The number of amides is 2. The van der Waals surface area contributed by atoms with E-state index in [0.29, 0.717) is 25.1 Å². The van der Waals surface area contributed by atoms with Crippen LogP contribution in [-0.4, -0.2) is 40.6 Å². The summed E-state index contributed by atoms with van der Waals surface area (Å²) < 4.78 is 13.3. The van der Waals surface area contributed by atoms with Crippen molar-refractivity contribution in [2.75, 3.05) is 13.1 Å². The molecule has 0 atom stereocenters. The topological polar surface area (TPSA) is 82.0 Å². The molecule has 2 amide bonds. The second kappa shape index (κ2) is 8.42. The molecule has 0 radical (unpaired) electrons. The summed E-state index contributed by atoms with van der Waals surface area (Å²) in [4.78, 5) is 25.4. The lowest BCUT2D eigenvalue weighted by molar-refractivity contribution is -0.135. The van der Waals surface area contributed by atoms with Crippen molar-refractivity contribution in [2.24, 2.45) is 5.10 Å². The van der Waals surface area contributed by atoms with Crippen LogP contribution in [0.5, 0.6) is 5.75 Å². The summed E-state index contributed by atoms with van der Waals surface area (Å²) in [6, 6.07) is 3.56. The Bertz CT molecular complexity index is 646. The summed E-state index contributed by atoms with van der Waals surface area (Å²) >= 11 is 0. The number of phenols is 1. The summed E-state index contributed by atoms with van der Waals surface area (Å²) in [6.45, 7) is 2.31. The number of hydrazone groups is 1. The van der Waals surface area contributed by atoms with Gasteiger partial charge in [0, 0.05) is 18.5 Å². The largest absolute Gasteiger partial charge is 0.507 e. The predicted molar refractivity (Wildman–Crippen MR) is 88.1 cm³/mol. The first kappa shape index (κ1) is 17.9. The fourth-order valence-corrected chi connectivity index (χ4v) is 2.61. The number of hydrogen-bond acceptors (Lipinski definition) is 4. The molecule has 2 rings (SSSR count). The van der Waals surface area contributed by atoms with Crippen molar-refractivity contribution in [3.63, 3.8) is 0 Å². The van der Waals surface area contributed by atoms with Crippen LogP contribution < -0.4 is 5.43 Å². The number of benzene rings is 1. The average molecular weight is 335 g/mol. The Balaban J connectivity index is 2.02.